The van der Waals surface area contributed by atoms with Gasteiger partial charge in [0, 0.05) is 14.7 Å². The first-order valence-electron chi connectivity index (χ1n) is 5.63. The number of hydrogen-bond donors (Lipinski definition) is 0. The van der Waals surface area contributed by atoms with Crippen molar-refractivity contribution in [3.63, 3.8) is 0 Å². The summed E-state index contributed by atoms with van der Waals surface area (Å²) >= 11 is 8.95. The van der Waals surface area contributed by atoms with Gasteiger partial charge in [0.05, 0.1) is 0 Å². The topological polar surface area (TPSA) is 0 Å². The fourth-order valence-electron chi connectivity index (χ4n) is 1.84. The number of alkyl halides is 1. The van der Waals surface area contributed by atoms with Gasteiger partial charge in [0.2, 0.25) is 0 Å². The molecular weight excluding hydrogens is 360 g/mol. The fraction of sp³-hybridized carbons (Fsp3) is 0.286. The summed E-state index contributed by atoms with van der Waals surface area (Å²) in [6, 6.07) is 13.0. The van der Waals surface area contributed by atoms with Crippen LogP contribution in [0.5, 0.6) is 0 Å². The fourth-order valence-corrected chi connectivity index (χ4v) is 3.53. The van der Waals surface area contributed by atoms with Crippen molar-refractivity contribution in [1.29, 1.82) is 0 Å². The van der Waals surface area contributed by atoms with E-state index in [9.17, 15) is 0 Å². The number of thiophene rings is 1. The van der Waals surface area contributed by atoms with E-state index in [1.54, 1.807) is 0 Å². The SMILES string of the molecule is BrCC(CCc1cccs1)c1ccc(Br)cc1. The molecule has 17 heavy (non-hydrogen) atoms. The smallest absolute Gasteiger partial charge is 0.0175 e. The highest BCUT2D eigenvalue weighted by atomic mass is 79.9. The van der Waals surface area contributed by atoms with Gasteiger partial charge in [-0.3, -0.25) is 0 Å². The van der Waals surface area contributed by atoms with Crippen LogP contribution in [-0.4, -0.2) is 5.33 Å². The van der Waals surface area contributed by atoms with Crippen molar-refractivity contribution in [3.05, 3.63) is 56.7 Å². The maximum atomic E-state index is 3.63. The van der Waals surface area contributed by atoms with E-state index in [0.29, 0.717) is 5.92 Å². The van der Waals surface area contributed by atoms with Gasteiger partial charge < -0.3 is 0 Å². The molecule has 0 spiro atoms. The summed E-state index contributed by atoms with van der Waals surface area (Å²) in [5.41, 5.74) is 1.42. The lowest BCUT2D eigenvalue weighted by Crippen LogP contribution is -2.01. The zero-order valence-electron chi connectivity index (χ0n) is 9.40. The van der Waals surface area contributed by atoms with Gasteiger partial charge in [0.15, 0.2) is 0 Å². The molecule has 1 aromatic carbocycles. The zero-order valence-corrected chi connectivity index (χ0v) is 13.4. The summed E-state index contributed by atoms with van der Waals surface area (Å²) in [4.78, 5) is 1.48. The summed E-state index contributed by atoms with van der Waals surface area (Å²) in [5.74, 6) is 0.602. The van der Waals surface area contributed by atoms with Crippen LogP contribution >= 0.6 is 43.2 Å². The Morgan fingerprint density at radius 1 is 1.12 bits per heavy atom. The van der Waals surface area contributed by atoms with Gasteiger partial charge in [0.25, 0.3) is 0 Å². The predicted octanol–water partition coefficient (Wildman–Crippen LogP) is 5.62. The van der Waals surface area contributed by atoms with Crippen molar-refractivity contribution in [2.45, 2.75) is 18.8 Å². The quantitative estimate of drug-likeness (QED) is 0.596. The Balaban J connectivity index is 1.99. The van der Waals surface area contributed by atoms with Crippen molar-refractivity contribution in [3.8, 4) is 0 Å². The minimum atomic E-state index is 0.602. The zero-order chi connectivity index (χ0) is 12.1. The first-order chi connectivity index (χ1) is 8.29. The monoisotopic (exact) mass is 372 g/mol. The molecule has 3 heteroatoms. The number of hydrogen-bond acceptors (Lipinski definition) is 1. The van der Waals surface area contributed by atoms with Crippen LogP contribution in [0.3, 0.4) is 0 Å². The van der Waals surface area contributed by atoms with E-state index in [2.05, 4.69) is 73.6 Å². The Labute approximate surface area is 123 Å². The van der Waals surface area contributed by atoms with E-state index in [0.717, 1.165) is 9.80 Å². The Kier molecular flexibility index (Phi) is 5.26. The van der Waals surface area contributed by atoms with Gasteiger partial charge in [-0.15, -0.1) is 11.3 Å². The van der Waals surface area contributed by atoms with Gasteiger partial charge in [-0.25, -0.2) is 0 Å². The molecule has 1 aromatic heterocycles. The van der Waals surface area contributed by atoms with E-state index in [4.69, 9.17) is 0 Å². The van der Waals surface area contributed by atoms with Crippen LogP contribution in [0.25, 0.3) is 0 Å². The van der Waals surface area contributed by atoms with E-state index in [1.165, 1.54) is 23.3 Å². The summed E-state index contributed by atoms with van der Waals surface area (Å²) < 4.78 is 1.15. The summed E-state index contributed by atoms with van der Waals surface area (Å²) in [6.45, 7) is 0. The molecule has 0 fully saturated rings. The molecule has 0 amide bonds. The normalized spacial score (nSPS) is 12.6. The Bertz CT molecular complexity index is 434. The average molecular weight is 374 g/mol. The highest BCUT2D eigenvalue weighted by Gasteiger charge is 2.10. The average Bonchev–Trinajstić information content (AvgIpc) is 2.85. The maximum absolute atomic E-state index is 3.63. The molecule has 1 heterocycles. The molecule has 0 aliphatic rings. The molecule has 0 bridgehead atoms. The molecular formula is C14H14Br2S. The third kappa shape index (κ3) is 3.94. The van der Waals surface area contributed by atoms with Crippen molar-refractivity contribution in [1.82, 2.24) is 0 Å². The number of benzene rings is 1. The second-order valence-corrected chi connectivity index (χ2v) is 6.62. The van der Waals surface area contributed by atoms with Crippen LogP contribution in [0.4, 0.5) is 0 Å². The molecule has 0 N–H and O–H groups in total. The lowest BCUT2D eigenvalue weighted by molar-refractivity contribution is 0.697. The molecule has 0 aliphatic carbocycles. The molecule has 2 aromatic rings. The van der Waals surface area contributed by atoms with Crippen molar-refractivity contribution in [2.24, 2.45) is 0 Å². The number of rotatable bonds is 5. The van der Waals surface area contributed by atoms with Crippen molar-refractivity contribution >= 4 is 43.2 Å². The second-order valence-electron chi connectivity index (χ2n) is 4.02. The van der Waals surface area contributed by atoms with Crippen molar-refractivity contribution < 1.29 is 0 Å². The highest BCUT2D eigenvalue weighted by Crippen LogP contribution is 2.26. The van der Waals surface area contributed by atoms with Gasteiger partial charge in [-0.1, -0.05) is 50.1 Å². The van der Waals surface area contributed by atoms with Crippen LogP contribution in [0.1, 0.15) is 22.8 Å². The lowest BCUT2D eigenvalue weighted by Gasteiger charge is -2.14. The van der Waals surface area contributed by atoms with Crippen LogP contribution < -0.4 is 0 Å². The minimum absolute atomic E-state index is 0.602. The van der Waals surface area contributed by atoms with Crippen LogP contribution in [0.15, 0.2) is 46.3 Å². The van der Waals surface area contributed by atoms with E-state index in [1.807, 2.05) is 11.3 Å². The van der Waals surface area contributed by atoms with Crippen LogP contribution in [-0.2, 0) is 6.42 Å². The van der Waals surface area contributed by atoms with Gasteiger partial charge >= 0.3 is 0 Å². The third-order valence-electron chi connectivity index (χ3n) is 2.85. The molecule has 0 nitrogen and oxygen atoms in total. The first-order valence-corrected chi connectivity index (χ1v) is 8.43. The van der Waals surface area contributed by atoms with Gasteiger partial charge in [-0.2, -0.15) is 0 Å². The van der Waals surface area contributed by atoms with Gasteiger partial charge in [-0.05, 0) is 47.9 Å². The van der Waals surface area contributed by atoms with E-state index < -0.39 is 0 Å². The lowest BCUT2D eigenvalue weighted by atomic mass is 9.96. The van der Waals surface area contributed by atoms with Crippen LogP contribution in [0, 0.1) is 0 Å². The summed E-state index contributed by atoms with van der Waals surface area (Å²) in [5, 5.41) is 3.18. The summed E-state index contributed by atoms with van der Waals surface area (Å²) in [7, 11) is 0. The third-order valence-corrected chi connectivity index (χ3v) is 5.09. The molecule has 1 unspecified atom stereocenters. The van der Waals surface area contributed by atoms with Crippen LogP contribution in [0.2, 0.25) is 0 Å². The maximum Gasteiger partial charge on any atom is 0.0175 e. The molecule has 2 rings (SSSR count). The molecule has 0 aliphatic heterocycles. The Morgan fingerprint density at radius 2 is 1.88 bits per heavy atom. The van der Waals surface area contributed by atoms with Crippen molar-refractivity contribution in [2.75, 3.05) is 5.33 Å². The van der Waals surface area contributed by atoms with E-state index >= 15 is 0 Å². The second kappa shape index (κ2) is 6.72. The number of halogens is 2. The standard InChI is InChI=1S/C14H14Br2S/c15-10-12(5-8-14-2-1-9-17-14)11-3-6-13(16)7-4-11/h1-4,6-7,9,12H,5,8,10H2. The number of aryl methyl sites for hydroxylation is 1. The molecule has 0 saturated heterocycles. The molecule has 0 radical (unpaired) electrons. The largest absolute Gasteiger partial charge is 0.149 e. The summed E-state index contributed by atoms with van der Waals surface area (Å²) in [6.07, 6.45) is 2.37. The minimum Gasteiger partial charge on any atom is -0.149 e. The Hall–Kier alpha value is -0.120. The van der Waals surface area contributed by atoms with E-state index in [-0.39, 0.29) is 0 Å². The molecule has 0 saturated carbocycles. The molecule has 90 valence electrons. The predicted molar refractivity (Wildman–Crippen MR) is 83.3 cm³/mol. The Morgan fingerprint density at radius 3 is 2.47 bits per heavy atom. The molecule has 1 atom stereocenters. The first kappa shape index (κ1) is 13.3. The van der Waals surface area contributed by atoms with Gasteiger partial charge in [0.1, 0.15) is 0 Å². The highest BCUT2D eigenvalue weighted by molar-refractivity contribution is 9.10.